The first-order valence-corrected chi connectivity index (χ1v) is 8.11. The molecule has 0 radical (unpaired) electrons. The van der Waals surface area contributed by atoms with Gasteiger partial charge in [-0.05, 0) is 29.9 Å². The van der Waals surface area contributed by atoms with Gasteiger partial charge < -0.3 is 19.9 Å². The quantitative estimate of drug-likeness (QED) is 0.772. The van der Waals surface area contributed by atoms with Gasteiger partial charge in [-0.1, -0.05) is 0 Å². The number of aromatic nitrogens is 1. The van der Waals surface area contributed by atoms with E-state index in [0.29, 0.717) is 29.0 Å². The third kappa shape index (κ3) is 3.65. The molecule has 2 heterocycles. The minimum absolute atomic E-state index is 0.108. The molecule has 1 aliphatic rings. The summed E-state index contributed by atoms with van der Waals surface area (Å²) in [7, 11) is 3.42. The number of nitrogens with zero attached hydrogens (tertiary/aromatic N) is 2. The molecular formula is C15H22BrN3O4. The number of carbonyl (C=O) groups excluding carboxylic acids is 1. The van der Waals surface area contributed by atoms with Crippen molar-refractivity contribution in [2.75, 3.05) is 40.5 Å². The summed E-state index contributed by atoms with van der Waals surface area (Å²) < 4.78 is 11.3. The van der Waals surface area contributed by atoms with Crippen LogP contribution in [-0.2, 0) is 4.74 Å². The number of carbonyl (C=O) groups is 1. The molecule has 1 aromatic heterocycles. The van der Waals surface area contributed by atoms with Crippen molar-refractivity contribution in [3.05, 3.63) is 22.4 Å². The van der Waals surface area contributed by atoms with Gasteiger partial charge in [-0.3, -0.25) is 14.7 Å². The van der Waals surface area contributed by atoms with Crippen LogP contribution in [0.4, 0.5) is 0 Å². The topological polar surface area (TPSA) is 83.9 Å². The molecular weight excluding hydrogens is 366 g/mol. The van der Waals surface area contributed by atoms with Crippen LogP contribution in [0.3, 0.4) is 0 Å². The molecule has 2 rings (SSSR count). The van der Waals surface area contributed by atoms with E-state index in [0.717, 1.165) is 0 Å². The van der Waals surface area contributed by atoms with E-state index in [-0.39, 0.29) is 25.1 Å². The second-order valence-electron chi connectivity index (χ2n) is 5.74. The van der Waals surface area contributed by atoms with Crippen LogP contribution in [0.5, 0.6) is 5.75 Å². The van der Waals surface area contributed by atoms with Crippen LogP contribution in [-0.4, -0.2) is 73.0 Å². The number of aliphatic hydroxyl groups is 1. The number of morpholine rings is 1. The maximum atomic E-state index is 12.5. The first-order valence-electron chi connectivity index (χ1n) is 7.32. The summed E-state index contributed by atoms with van der Waals surface area (Å²) >= 11 is 3.32. The lowest BCUT2D eigenvalue weighted by Crippen LogP contribution is -2.65. The number of ether oxygens (including phenoxy) is 2. The Hall–Kier alpha value is -1.22. The Balaban J connectivity index is 2.15. The van der Waals surface area contributed by atoms with E-state index in [1.54, 1.807) is 0 Å². The van der Waals surface area contributed by atoms with Gasteiger partial charge in [0.05, 0.1) is 48.7 Å². The third-order valence-corrected chi connectivity index (χ3v) is 4.92. The lowest BCUT2D eigenvalue weighted by molar-refractivity contribution is -0.105. The van der Waals surface area contributed by atoms with Gasteiger partial charge in [0.15, 0.2) is 5.75 Å². The van der Waals surface area contributed by atoms with Crippen molar-refractivity contribution in [2.45, 2.75) is 18.5 Å². The summed E-state index contributed by atoms with van der Waals surface area (Å²) in [4.78, 5) is 18.6. The second kappa shape index (κ2) is 7.57. The summed E-state index contributed by atoms with van der Waals surface area (Å²) in [6, 6.07) is 0.162. The molecule has 2 N–H and O–H groups in total. The van der Waals surface area contributed by atoms with Crippen molar-refractivity contribution in [1.82, 2.24) is 15.2 Å². The minimum Gasteiger partial charge on any atom is -0.494 e. The van der Waals surface area contributed by atoms with Gasteiger partial charge in [-0.2, -0.15) is 0 Å². The number of halogens is 1. The Morgan fingerprint density at radius 3 is 3.04 bits per heavy atom. The average molecular weight is 388 g/mol. The van der Waals surface area contributed by atoms with Crippen molar-refractivity contribution in [3.63, 3.8) is 0 Å². The largest absolute Gasteiger partial charge is 0.494 e. The Morgan fingerprint density at radius 1 is 1.65 bits per heavy atom. The molecule has 0 unspecified atom stereocenters. The molecule has 1 saturated heterocycles. The number of hydrogen-bond donors (Lipinski definition) is 2. The molecule has 0 aliphatic carbocycles. The highest BCUT2D eigenvalue weighted by Crippen LogP contribution is 2.26. The summed E-state index contributed by atoms with van der Waals surface area (Å²) in [6.45, 7) is 3.15. The molecule has 1 aromatic rings. The Kier molecular flexibility index (Phi) is 5.96. The lowest BCUT2D eigenvalue weighted by Gasteiger charge is -2.47. The molecule has 128 valence electrons. The maximum absolute atomic E-state index is 12.5. The lowest BCUT2D eigenvalue weighted by atomic mass is 9.96. The maximum Gasteiger partial charge on any atom is 0.256 e. The first-order chi connectivity index (χ1) is 10.9. The summed E-state index contributed by atoms with van der Waals surface area (Å²) in [6.07, 6.45) is 3.02. The van der Waals surface area contributed by atoms with Crippen LogP contribution in [0, 0.1) is 0 Å². The van der Waals surface area contributed by atoms with Crippen molar-refractivity contribution in [1.29, 1.82) is 0 Å². The average Bonchev–Trinajstić information content (AvgIpc) is 2.56. The normalized spacial score (nSPS) is 25.2. The molecule has 1 fully saturated rings. The second-order valence-corrected chi connectivity index (χ2v) is 6.59. The number of amides is 1. The molecule has 2 atom stereocenters. The molecule has 0 bridgehead atoms. The fraction of sp³-hybridized carbons (Fsp3) is 0.600. The summed E-state index contributed by atoms with van der Waals surface area (Å²) in [5, 5.41) is 12.7. The summed E-state index contributed by atoms with van der Waals surface area (Å²) in [5.41, 5.74) is -0.261. The molecule has 0 aromatic carbocycles. The van der Waals surface area contributed by atoms with E-state index in [1.807, 2.05) is 14.0 Å². The number of nitrogens with one attached hydrogen (secondary N) is 1. The first kappa shape index (κ1) is 18.1. The molecule has 0 saturated carbocycles. The fourth-order valence-corrected chi connectivity index (χ4v) is 3.11. The van der Waals surface area contributed by atoms with Gasteiger partial charge in [-0.25, -0.2) is 0 Å². The van der Waals surface area contributed by atoms with E-state index in [4.69, 9.17) is 9.47 Å². The van der Waals surface area contributed by atoms with Gasteiger partial charge in [0, 0.05) is 18.8 Å². The highest BCUT2D eigenvalue weighted by atomic mass is 79.9. The molecule has 23 heavy (non-hydrogen) atoms. The number of rotatable bonds is 5. The van der Waals surface area contributed by atoms with E-state index < -0.39 is 5.54 Å². The van der Waals surface area contributed by atoms with Crippen LogP contribution in [0.15, 0.2) is 16.9 Å². The standard InChI is InChI=1S/C15H22BrN3O4/c1-10-6-23-9-15(8-20,19(10)2)7-18-14(21)13-11(16)4-17-5-12(13)22-3/h4-5,10,20H,6-9H2,1-3H3,(H,18,21)/t10-,15+/m1/s1. The fourth-order valence-electron chi connectivity index (χ4n) is 2.61. The van der Waals surface area contributed by atoms with Crippen molar-refractivity contribution in [3.8, 4) is 5.75 Å². The molecule has 7 nitrogen and oxygen atoms in total. The molecule has 0 spiro atoms. The highest BCUT2D eigenvalue weighted by molar-refractivity contribution is 9.10. The number of methoxy groups -OCH3 is 1. The number of likely N-dealkylation sites (N-methyl/N-ethyl adjacent to an activating group) is 1. The monoisotopic (exact) mass is 387 g/mol. The van der Waals surface area contributed by atoms with Gasteiger partial charge >= 0.3 is 0 Å². The van der Waals surface area contributed by atoms with E-state index in [1.165, 1.54) is 19.5 Å². The molecule has 1 aliphatic heterocycles. The zero-order chi connectivity index (χ0) is 17.0. The van der Waals surface area contributed by atoms with Crippen molar-refractivity contribution in [2.24, 2.45) is 0 Å². The van der Waals surface area contributed by atoms with E-state index in [9.17, 15) is 9.90 Å². The van der Waals surface area contributed by atoms with Crippen molar-refractivity contribution < 1.29 is 19.4 Å². The SMILES string of the molecule is COc1cncc(Br)c1C(=O)NC[C@]1(CO)COC[C@@H](C)N1C. The zero-order valence-corrected chi connectivity index (χ0v) is 15.1. The van der Waals surface area contributed by atoms with Crippen LogP contribution in [0.25, 0.3) is 0 Å². The van der Waals surface area contributed by atoms with E-state index in [2.05, 4.69) is 31.1 Å². The number of aliphatic hydroxyl groups excluding tert-OH is 1. The molecule has 1 amide bonds. The van der Waals surface area contributed by atoms with Gasteiger partial charge in [0.1, 0.15) is 0 Å². The van der Waals surface area contributed by atoms with Gasteiger partial charge in [0.25, 0.3) is 5.91 Å². The van der Waals surface area contributed by atoms with Crippen LogP contribution >= 0.6 is 15.9 Å². The highest BCUT2D eigenvalue weighted by Gasteiger charge is 2.40. The Labute approximate surface area is 144 Å². The smallest absolute Gasteiger partial charge is 0.256 e. The van der Waals surface area contributed by atoms with Gasteiger partial charge in [-0.15, -0.1) is 0 Å². The summed E-state index contributed by atoms with van der Waals surface area (Å²) in [5.74, 6) is 0.0899. The van der Waals surface area contributed by atoms with E-state index >= 15 is 0 Å². The third-order valence-electron chi connectivity index (χ3n) is 4.32. The number of hydrogen-bond acceptors (Lipinski definition) is 6. The zero-order valence-electron chi connectivity index (χ0n) is 13.5. The Bertz CT molecular complexity index is 572. The van der Waals surface area contributed by atoms with Gasteiger partial charge in [0.2, 0.25) is 0 Å². The Morgan fingerprint density at radius 2 is 2.39 bits per heavy atom. The van der Waals surface area contributed by atoms with Crippen LogP contribution in [0.2, 0.25) is 0 Å². The number of pyridine rings is 1. The predicted octanol–water partition coefficient (Wildman–Crippen LogP) is 0.664. The minimum atomic E-state index is -0.639. The van der Waals surface area contributed by atoms with Crippen LogP contribution < -0.4 is 10.1 Å². The van der Waals surface area contributed by atoms with Crippen LogP contribution in [0.1, 0.15) is 17.3 Å². The van der Waals surface area contributed by atoms with Crippen molar-refractivity contribution >= 4 is 21.8 Å². The predicted molar refractivity (Wildman–Crippen MR) is 88.7 cm³/mol. The molecule has 8 heteroatoms.